The number of rotatable bonds is 8. The van der Waals surface area contributed by atoms with E-state index in [9.17, 15) is 0 Å². The van der Waals surface area contributed by atoms with Crippen LogP contribution in [0.2, 0.25) is 0 Å². The van der Waals surface area contributed by atoms with E-state index in [1.807, 2.05) is 0 Å². The predicted octanol–water partition coefficient (Wildman–Crippen LogP) is 3.15. The predicted molar refractivity (Wildman–Crippen MR) is 93.1 cm³/mol. The summed E-state index contributed by atoms with van der Waals surface area (Å²) in [4.78, 5) is 6.82. The van der Waals surface area contributed by atoms with E-state index in [0.29, 0.717) is 5.96 Å². The van der Waals surface area contributed by atoms with Crippen LogP contribution in [0.3, 0.4) is 0 Å². The summed E-state index contributed by atoms with van der Waals surface area (Å²) in [6.45, 7) is 12.7. The highest BCUT2D eigenvalue weighted by atomic mass is 15.1. The van der Waals surface area contributed by atoms with Crippen molar-refractivity contribution in [3.8, 4) is 0 Å². The molecule has 4 nitrogen and oxygen atoms in total. The van der Waals surface area contributed by atoms with Crippen LogP contribution in [-0.4, -0.2) is 37.0 Å². The largest absolute Gasteiger partial charge is 0.370 e. The molecule has 21 heavy (non-hydrogen) atoms. The molecule has 0 amide bonds. The number of hydrogen-bond acceptors (Lipinski definition) is 2. The number of aryl methyl sites for hydroxylation is 2. The van der Waals surface area contributed by atoms with Gasteiger partial charge in [-0.1, -0.05) is 19.9 Å². The minimum Gasteiger partial charge on any atom is -0.370 e. The molecule has 0 aromatic heterocycles. The van der Waals surface area contributed by atoms with E-state index < -0.39 is 0 Å². The molecule has 0 aliphatic rings. The molecule has 0 atom stereocenters. The van der Waals surface area contributed by atoms with E-state index in [0.717, 1.165) is 38.3 Å². The van der Waals surface area contributed by atoms with Gasteiger partial charge in [0.15, 0.2) is 5.96 Å². The SMILES string of the molecule is CCN(CC)CCCCN=C(N)Nc1cc(C)cc(C)c1. The number of anilines is 1. The normalized spacial score (nSPS) is 12.0. The molecule has 3 N–H and O–H groups in total. The molecule has 0 spiro atoms. The zero-order chi connectivity index (χ0) is 15.7. The maximum Gasteiger partial charge on any atom is 0.193 e. The fourth-order valence-electron chi connectivity index (χ4n) is 2.42. The Labute approximate surface area is 129 Å². The highest BCUT2D eigenvalue weighted by Crippen LogP contribution is 2.13. The average Bonchev–Trinajstić information content (AvgIpc) is 2.41. The van der Waals surface area contributed by atoms with Gasteiger partial charge in [0.25, 0.3) is 0 Å². The molecule has 0 aliphatic heterocycles. The maximum atomic E-state index is 5.93. The van der Waals surface area contributed by atoms with Gasteiger partial charge in [0, 0.05) is 12.2 Å². The molecule has 0 unspecified atom stereocenters. The summed E-state index contributed by atoms with van der Waals surface area (Å²) in [6.07, 6.45) is 2.24. The van der Waals surface area contributed by atoms with Crippen molar-refractivity contribution in [3.05, 3.63) is 29.3 Å². The van der Waals surface area contributed by atoms with E-state index in [1.165, 1.54) is 17.5 Å². The molecule has 1 aromatic carbocycles. The van der Waals surface area contributed by atoms with Crippen LogP contribution in [0.1, 0.15) is 37.8 Å². The van der Waals surface area contributed by atoms with Crippen LogP contribution in [0.4, 0.5) is 5.69 Å². The molecule has 0 saturated heterocycles. The van der Waals surface area contributed by atoms with E-state index in [4.69, 9.17) is 5.73 Å². The fraction of sp³-hybridized carbons (Fsp3) is 0.588. The molecule has 0 saturated carbocycles. The number of benzene rings is 1. The zero-order valence-corrected chi connectivity index (χ0v) is 13.9. The van der Waals surface area contributed by atoms with Gasteiger partial charge in [-0.25, -0.2) is 0 Å². The Hall–Kier alpha value is -1.55. The van der Waals surface area contributed by atoms with Crippen molar-refractivity contribution >= 4 is 11.6 Å². The summed E-state index contributed by atoms with van der Waals surface area (Å²) in [7, 11) is 0. The van der Waals surface area contributed by atoms with Gasteiger partial charge >= 0.3 is 0 Å². The van der Waals surface area contributed by atoms with Crippen LogP contribution in [0, 0.1) is 13.8 Å². The lowest BCUT2D eigenvalue weighted by Gasteiger charge is -2.17. The van der Waals surface area contributed by atoms with Crippen molar-refractivity contribution in [1.82, 2.24) is 4.90 Å². The highest BCUT2D eigenvalue weighted by Gasteiger charge is 1.99. The first-order valence-electron chi connectivity index (χ1n) is 7.92. The molecule has 1 rings (SSSR count). The van der Waals surface area contributed by atoms with E-state index in [-0.39, 0.29) is 0 Å². The van der Waals surface area contributed by atoms with Gasteiger partial charge in [-0.15, -0.1) is 0 Å². The topological polar surface area (TPSA) is 53.6 Å². The Morgan fingerprint density at radius 3 is 2.29 bits per heavy atom. The van der Waals surface area contributed by atoms with Crippen LogP contribution in [0.15, 0.2) is 23.2 Å². The average molecular weight is 290 g/mol. The lowest BCUT2D eigenvalue weighted by Crippen LogP contribution is -2.24. The molecule has 0 bridgehead atoms. The number of aliphatic imine (C=N–C) groups is 1. The van der Waals surface area contributed by atoms with Gasteiger partial charge in [-0.2, -0.15) is 0 Å². The smallest absolute Gasteiger partial charge is 0.193 e. The second-order valence-electron chi connectivity index (χ2n) is 5.50. The summed E-state index contributed by atoms with van der Waals surface area (Å²) in [5.74, 6) is 0.503. The van der Waals surface area contributed by atoms with E-state index in [1.54, 1.807) is 0 Å². The van der Waals surface area contributed by atoms with Gasteiger partial charge < -0.3 is 16.0 Å². The second kappa shape index (κ2) is 9.40. The minimum absolute atomic E-state index is 0.503. The van der Waals surface area contributed by atoms with Crippen molar-refractivity contribution in [3.63, 3.8) is 0 Å². The molecule has 4 heteroatoms. The molecule has 0 fully saturated rings. The third-order valence-corrected chi connectivity index (χ3v) is 3.55. The van der Waals surface area contributed by atoms with Crippen LogP contribution in [0.25, 0.3) is 0 Å². The molecular formula is C17H30N4. The number of guanidine groups is 1. The third kappa shape index (κ3) is 7.14. The lowest BCUT2D eigenvalue weighted by molar-refractivity contribution is 0.298. The quantitative estimate of drug-likeness (QED) is 0.439. The molecule has 118 valence electrons. The zero-order valence-electron chi connectivity index (χ0n) is 13.9. The summed E-state index contributed by atoms with van der Waals surface area (Å²) in [5.41, 5.74) is 9.39. The summed E-state index contributed by atoms with van der Waals surface area (Å²) in [6, 6.07) is 6.30. The molecule has 0 heterocycles. The summed E-state index contributed by atoms with van der Waals surface area (Å²) >= 11 is 0. The Bertz CT molecular complexity index is 430. The van der Waals surface area contributed by atoms with Crippen LogP contribution in [-0.2, 0) is 0 Å². The monoisotopic (exact) mass is 290 g/mol. The number of hydrogen-bond donors (Lipinski definition) is 2. The van der Waals surface area contributed by atoms with Crippen molar-refractivity contribution in [2.45, 2.75) is 40.5 Å². The van der Waals surface area contributed by atoms with E-state index >= 15 is 0 Å². The second-order valence-corrected chi connectivity index (χ2v) is 5.50. The standard InChI is InChI=1S/C17H30N4/c1-5-21(6-2)10-8-7-9-19-17(18)20-16-12-14(3)11-15(4)13-16/h11-13H,5-10H2,1-4H3,(H3,18,19,20). The van der Waals surface area contributed by atoms with Crippen LogP contribution < -0.4 is 11.1 Å². The van der Waals surface area contributed by atoms with Crippen molar-refractivity contribution in [1.29, 1.82) is 0 Å². The molecule has 0 radical (unpaired) electrons. The Morgan fingerprint density at radius 1 is 1.10 bits per heavy atom. The van der Waals surface area contributed by atoms with Gasteiger partial charge in [0.2, 0.25) is 0 Å². The minimum atomic E-state index is 0.503. The first-order valence-corrected chi connectivity index (χ1v) is 7.92. The van der Waals surface area contributed by atoms with Gasteiger partial charge in [0.1, 0.15) is 0 Å². The van der Waals surface area contributed by atoms with Crippen molar-refractivity contribution in [2.75, 3.05) is 31.5 Å². The Morgan fingerprint density at radius 2 is 1.71 bits per heavy atom. The van der Waals surface area contributed by atoms with Gasteiger partial charge in [-0.05, 0) is 69.6 Å². The van der Waals surface area contributed by atoms with Crippen LogP contribution in [0.5, 0.6) is 0 Å². The Kier molecular flexibility index (Phi) is 7.83. The first-order chi connectivity index (χ1) is 10.0. The highest BCUT2D eigenvalue weighted by molar-refractivity contribution is 5.92. The fourth-order valence-corrected chi connectivity index (χ4v) is 2.42. The summed E-state index contributed by atoms with van der Waals surface area (Å²) in [5, 5.41) is 3.16. The number of nitrogens with zero attached hydrogens (tertiary/aromatic N) is 2. The van der Waals surface area contributed by atoms with Crippen molar-refractivity contribution < 1.29 is 0 Å². The third-order valence-electron chi connectivity index (χ3n) is 3.55. The lowest BCUT2D eigenvalue weighted by atomic mass is 10.1. The number of nitrogens with two attached hydrogens (primary N) is 1. The number of unbranched alkanes of at least 4 members (excludes halogenated alkanes) is 1. The number of nitrogens with one attached hydrogen (secondary N) is 1. The maximum absolute atomic E-state index is 5.93. The van der Waals surface area contributed by atoms with Gasteiger partial charge in [-0.3, -0.25) is 4.99 Å². The van der Waals surface area contributed by atoms with Crippen molar-refractivity contribution in [2.24, 2.45) is 10.7 Å². The Balaban J connectivity index is 2.33. The summed E-state index contributed by atoms with van der Waals surface area (Å²) < 4.78 is 0. The molecule has 1 aromatic rings. The molecular weight excluding hydrogens is 260 g/mol. The van der Waals surface area contributed by atoms with Gasteiger partial charge in [0.05, 0.1) is 0 Å². The first kappa shape index (κ1) is 17.5. The van der Waals surface area contributed by atoms with E-state index in [2.05, 4.69) is 61.1 Å². The van der Waals surface area contributed by atoms with Crippen LogP contribution >= 0.6 is 0 Å². The molecule has 0 aliphatic carbocycles.